The number of hydrogen-bond acceptors (Lipinski definition) is 3. The lowest BCUT2D eigenvalue weighted by atomic mass is 9.65. The number of aliphatic hydroxyl groups is 1. The molecule has 0 saturated heterocycles. The van der Waals surface area contributed by atoms with Crippen molar-refractivity contribution < 1.29 is 9.84 Å². The SMILES string of the molecule is C#COc1cccc(C2(O)C(C)CCCC2CN(C)C)c1. The van der Waals surface area contributed by atoms with Crippen molar-refractivity contribution in [1.82, 2.24) is 4.90 Å². The molecule has 3 heteroatoms. The molecule has 0 radical (unpaired) electrons. The largest absolute Gasteiger partial charge is 0.408 e. The molecule has 3 nitrogen and oxygen atoms in total. The van der Waals surface area contributed by atoms with Gasteiger partial charge in [-0.2, -0.15) is 0 Å². The van der Waals surface area contributed by atoms with Crippen LogP contribution in [0.2, 0.25) is 0 Å². The number of ether oxygens (including phenoxy) is 1. The first-order valence-corrected chi connectivity index (χ1v) is 7.58. The van der Waals surface area contributed by atoms with Crippen LogP contribution in [0.1, 0.15) is 31.7 Å². The number of benzene rings is 1. The van der Waals surface area contributed by atoms with E-state index in [0.717, 1.165) is 24.9 Å². The Morgan fingerprint density at radius 3 is 2.86 bits per heavy atom. The molecular weight excluding hydrogens is 262 g/mol. The lowest BCUT2D eigenvalue weighted by Crippen LogP contribution is -2.47. The highest BCUT2D eigenvalue weighted by atomic mass is 16.5. The van der Waals surface area contributed by atoms with E-state index in [1.807, 2.05) is 24.3 Å². The molecule has 3 atom stereocenters. The Morgan fingerprint density at radius 2 is 2.19 bits per heavy atom. The van der Waals surface area contributed by atoms with Crippen molar-refractivity contribution in [1.29, 1.82) is 0 Å². The van der Waals surface area contributed by atoms with Gasteiger partial charge in [-0.25, -0.2) is 0 Å². The summed E-state index contributed by atoms with van der Waals surface area (Å²) in [5.41, 5.74) is 0.0885. The third-order valence-corrected chi connectivity index (χ3v) is 4.62. The zero-order chi connectivity index (χ0) is 15.5. The van der Waals surface area contributed by atoms with E-state index in [4.69, 9.17) is 11.2 Å². The van der Waals surface area contributed by atoms with Crippen LogP contribution in [0.4, 0.5) is 0 Å². The molecule has 0 amide bonds. The van der Waals surface area contributed by atoms with Gasteiger partial charge in [0.2, 0.25) is 0 Å². The van der Waals surface area contributed by atoms with Crippen LogP contribution in [0.5, 0.6) is 5.75 Å². The predicted octanol–water partition coefficient (Wildman–Crippen LogP) is 2.84. The van der Waals surface area contributed by atoms with Gasteiger partial charge in [-0.1, -0.05) is 31.9 Å². The lowest BCUT2D eigenvalue weighted by Gasteiger charge is -2.46. The van der Waals surface area contributed by atoms with Gasteiger partial charge >= 0.3 is 0 Å². The van der Waals surface area contributed by atoms with E-state index in [2.05, 4.69) is 32.0 Å². The summed E-state index contributed by atoms with van der Waals surface area (Å²) < 4.78 is 5.14. The Kier molecular flexibility index (Phi) is 4.92. The minimum Gasteiger partial charge on any atom is -0.408 e. The summed E-state index contributed by atoms with van der Waals surface area (Å²) in [5, 5.41) is 11.5. The van der Waals surface area contributed by atoms with Crippen molar-refractivity contribution in [3.8, 4) is 18.3 Å². The maximum Gasteiger partial charge on any atom is 0.140 e. The monoisotopic (exact) mass is 287 g/mol. The molecule has 1 fully saturated rings. The Balaban J connectivity index is 2.38. The summed E-state index contributed by atoms with van der Waals surface area (Å²) >= 11 is 0. The van der Waals surface area contributed by atoms with Crippen molar-refractivity contribution in [2.75, 3.05) is 20.6 Å². The van der Waals surface area contributed by atoms with Crippen LogP contribution in [-0.4, -0.2) is 30.6 Å². The molecule has 1 aromatic carbocycles. The highest BCUT2D eigenvalue weighted by Crippen LogP contribution is 2.46. The second-order valence-corrected chi connectivity index (χ2v) is 6.36. The van der Waals surface area contributed by atoms with Crippen LogP contribution in [0.15, 0.2) is 24.3 Å². The van der Waals surface area contributed by atoms with Gasteiger partial charge in [0.15, 0.2) is 0 Å². The van der Waals surface area contributed by atoms with Gasteiger partial charge < -0.3 is 14.7 Å². The van der Waals surface area contributed by atoms with Crippen molar-refractivity contribution >= 4 is 0 Å². The molecule has 114 valence electrons. The molecule has 3 unspecified atom stereocenters. The first kappa shape index (κ1) is 15.9. The van der Waals surface area contributed by atoms with Crippen LogP contribution in [0.25, 0.3) is 0 Å². The summed E-state index contributed by atoms with van der Waals surface area (Å²) in [6, 6.07) is 7.58. The maximum atomic E-state index is 11.5. The molecule has 2 rings (SSSR count). The Bertz CT molecular complexity index is 520. The van der Waals surface area contributed by atoms with Crippen LogP contribution in [0, 0.1) is 24.4 Å². The van der Waals surface area contributed by atoms with Gasteiger partial charge in [-0.3, -0.25) is 0 Å². The summed E-state index contributed by atoms with van der Waals surface area (Å²) in [4.78, 5) is 2.15. The first-order valence-electron chi connectivity index (χ1n) is 7.58. The summed E-state index contributed by atoms with van der Waals surface area (Å²) in [6.07, 6.45) is 10.6. The van der Waals surface area contributed by atoms with Crippen molar-refractivity contribution in [2.45, 2.75) is 31.8 Å². The molecule has 1 aliphatic rings. The van der Waals surface area contributed by atoms with Gasteiger partial charge in [0.25, 0.3) is 0 Å². The van der Waals surface area contributed by atoms with Crippen molar-refractivity contribution in [2.24, 2.45) is 11.8 Å². The van der Waals surface area contributed by atoms with Crippen LogP contribution < -0.4 is 4.74 Å². The molecule has 0 bridgehead atoms. The average Bonchev–Trinajstić information content (AvgIpc) is 2.44. The first-order chi connectivity index (χ1) is 9.98. The summed E-state index contributed by atoms with van der Waals surface area (Å²) in [6.45, 7) is 3.01. The van der Waals surface area contributed by atoms with E-state index in [0.29, 0.717) is 5.75 Å². The third-order valence-electron chi connectivity index (χ3n) is 4.62. The van der Waals surface area contributed by atoms with E-state index < -0.39 is 5.60 Å². The second-order valence-electron chi connectivity index (χ2n) is 6.36. The van der Waals surface area contributed by atoms with Crippen LogP contribution in [-0.2, 0) is 5.60 Å². The molecule has 1 N–H and O–H groups in total. The molecule has 0 aromatic heterocycles. The van der Waals surface area contributed by atoms with Crippen LogP contribution >= 0.6 is 0 Å². The fourth-order valence-corrected chi connectivity index (χ4v) is 3.58. The summed E-state index contributed by atoms with van der Waals surface area (Å²) in [5.74, 6) is 1.06. The number of nitrogens with zero attached hydrogens (tertiary/aromatic N) is 1. The van der Waals surface area contributed by atoms with E-state index in [1.54, 1.807) is 0 Å². The van der Waals surface area contributed by atoms with Crippen molar-refractivity contribution in [3.05, 3.63) is 29.8 Å². The van der Waals surface area contributed by atoms with E-state index in [9.17, 15) is 5.11 Å². The number of rotatable bonds is 4. The highest BCUT2D eigenvalue weighted by Gasteiger charge is 2.45. The fourth-order valence-electron chi connectivity index (χ4n) is 3.58. The van der Waals surface area contributed by atoms with E-state index >= 15 is 0 Å². The molecule has 1 aromatic rings. The third kappa shape index (κ3) is 3.23. The highest BCUT2D eigenvalue weighted by molar-refractivity contribution is 5.34. The lowest BCUT2D eigenvalue weighted by molar-refractivity contribution is -0.102. The van der Waals surface area contributed by atoms with Gasteiger partial charge in [-0.15, -0.1) is 0 Å². The molecule has 0 aliphatic heterocycles. The summed E-state index contributed by atoms with van der Waals surface area (Å²) in [7, 11) is 4.11. The predicted molar refractivity (Wildman–Crippen MR) is 84.9 cm³/mol. The molecular formula is C18H25NO2. The second kappa shape index (κ2) is 6.51. The molecule has 21 heavy (non-hydrogen) atoms. The normalized spacial score (nSPS) is 29.1. The van der Waals surface area contributed by atoms with E-state index in [-0.39, 0.29) is 11.8 Å². The van der Waals surface area contributed by atoms with Gasteiger partial charge in [0.05, 0.1) is 5.60 Å². The Morgan fingerprint density at radius 1 is 1.43 bits per heavy atom. The van der Waals surface area contributed by atoms with Crippen molar-refractivity contribution in [3.63, 3.8) is 0 Å². The zero-order valence-electron chi connectivity index (χ0n) is 13.2. The van der Waals surface area contributed by atoms with Gasteiger partial charge in [-0.05, 0) is 50.6 Å². The fraction of sp³-hybridized carbons (Fsp3) is 0.556. The topological polar surface area (TPSA) is 32.7 Å². The van der Waals surface area contributed by atoms with Crippen LogP contribution in [0.3, 0.4) is 0 Å². The van der Waals surface area contributed by atoms with E-state index in [1.165, 1.54) is 6.42 Å². The number of terminal acetylenes is 1. The average molecular weight is 287 g/mol. The number of hydrogen-bond donors (Lipinski definition) is 1. The quantitative estimate of drug-likeness (QED) is 0.864. The van der Waals surface area contributed by atoms with Gasteiger partial charge in [0.1, 0.15) is 11.9 Å². The van der Waals surface area contributed by atoms with Gasteiger partial charge in [0, 0.05) is 12.5 Å². The smallest absolute Gasteiger partial charge is 0.140 e. The minimum atomic E-state index is -0.823. The Hall–Kier alpha value is -1.50. The maximum absolute atomic E-state index is 11.5. The minimum absolute atomic E-state index is 0.220. The molecule has 1 saturated carbocycles. The Labute approximate surface area is 127 Å². The standard InChI is InChI=1S/C18H25NO2/c1-5-21-17-11-7-9-15(12-17)18(20)14(2)8-6-10-16(18)13-19(3)4/h1,7,9,11-12,14,16,20H,6,8,10,13H2,2-4H3. The zero-order valence-corrected chi connectivity index (χ0v) is 13.2. The molecule has 0 spiro atoms. The molecule has 0 heterocycles. The molecule has 1 aliphatic carbocycles.